The number of ether oxygens (including phenoxy) is 2. The van der Waals surface area contributed by atoms with Crippen LogP contribution in [0, 0.1) is 0 Å². The summed E-state index contributed by atoms with van der Waals surface area (Å²) in [4.78, 5) is 11.5. The summed E-state index contributed by atoms with van der Waals surface area (Å²) in [5, 5.41) is 6.07. The quantitative estimate of drug-likeness (QED) is 0.753. The summed E-state index contributed by atoms with van der Waals surface area (Å²) in [6, 6.07) is 3.31. The first-order chi connectivity index (χ1) is 9.12. The zero-order valence-electron chi connectivity index (χ0n) is 11.0. The van der Waals surface area contributed by atoms with Gasteiger partial charge in [-0.2, -0.15) is 0 Å². The Labute approximate surface area is 117 Å². The second-order valence-electron chi connectivity index (χ2n) is 3.63. The highest BCUT2D eigenvalue weighted by atomic mass is 35.5. The Morgan fingerprint density at radius 2 is 2.05 bits per heavy atom. The van der Waals surface area contributed by atoms with Crippen molar-refractivity contribution in [2.45, 2.75) is 0 Å². The largest absolute Gasteiger partial charge is 0.495 e. The van der Waals surface area contributed by atoms with E-state index in [-0.39, 0.29) is 12.5 Å². The topological polar surface area (TPSA) is 59.6 Å². The van der Waals surface area contributed by atoms with Gasteiger partial charge < -0.3 is 20.1 Å². The van der Waals surface area contributed by atoms with E-state index in [1.54, 1.807) is 18.2 Å². The summed E-state index contributed by atoms with van der Waals surface area (Å²) < 4.78 is 10.3. The third-order valence-electron chi connectivity index (χ3n) is 2.36. The van der Waals surface area contributed by atoms with E-state index in [4.69, 9.17) is 21.1 Å². The van der Waals surface area contributed by atoms with Crippen LogP contribution in [0.2, 0.25) is 5.02 Å². The third kappa shape index (κ3) is 4.37. The molecule has 6 heteroatoms. The lowest BCUT2D eigenvalue weighted by Gasteiger charge is -2.13. The molecule has 104 valence electrons. The van der Waals surface area contributed by atoms with Crippen LogP contribution in [-0.2, 0) is 4.79 Å². The lowest BCUT2D eigenvalue weighted by Crippen LogP contribution is -2.29. The van der Waals surface area contributed by atoms with Crippen LogP contribution in [0.1, 0.15) is 0 Å². The van der Waals surface area contributed by atoms with Crippen molar-refractivity contribution in [1.29, 1.82) is 0 Å². The van der Waals surface area contributed by atoms with Gasteiger partial charge in [0.05, 0.1) is 31.5 Å². The van der Waals surface area contributed by atoms with Gasteiger partial charge in [-0.15, -0.1) is 6.58 Å². The van der Waals surface area contributed by atoms with Crippen molar-refractivity contribution >= 4 is 23.2 Å². The monoisotopic (exact) mass is 284 g/mol. The Morgan fingerprint density at radius 1 is 1.37 bits per heavy atom. The van der Waals surface area contributed by atoms with E-state index >= 15 is 0 Å². The number of carbonyl (C=O) groups excluding carboxylic acids is 1. The molecule has 1 aromatic carbocycles. The summed E-state index contributed by atoms with van der Waals surface area (Å²) >= 11 is 5.99. The maximum atomic E-state index is 11.5. The van der Waals surface area contributed by atoms with Crippen LogP contribution >= 0.6 is 11.6 Å². The van der Waals surface area contributed by atoms with Crippen molar-refractivity contribution in [3.8, 4) is 11.5 Å². The molecule has 1 amide bonds. The second-order valence-corrected chi connectivity index (χ2v) is 4.04. The highest BCUT2D eigenvalue weighted by molar-refractivity contribution is 6.32. The number of hydrogen-bond acceptors (Lipinski definition) is 4. The van der Waals surface area contributed by atoms with E-state index in [2.05, 4.69) is 17.2 Å². The molecular weight excluding hydrogens is 268 g/mol. The maximum absolute atomic E-state index is 11.5. The Balaban J connectivity index is 2.76. The molecule has 0 aromatic heterocycles. The van der Waals surface area contributed by atoms with Gasteiger partial charge in [0.15, 0.2) is 0 Å². The fourth-order valence-corrected chi connectivity index (χ4v) is 1.65. The summed E-state index contributed by atoms with van der Waals surface area (Å²) in [6.07, 6.45) is 1.61. The fourth-order valence-electron chi connectivity index (χ4n) is 1.42. The zero-order valence-corrected chi connectivity index (χ0v) is 11.7. The lowest BCUT2D eigenvalue weighted by atomic mass is 10.2. The molecule has 0 radical (unpaired) electrons. The van der Waals surface area contributed by atoms with Gasteiger partial charge in [-0.3, -0.25) is 4.79 Å². The van der Waals surface area contributed by atoms with Gasteiger partial charge in [0.1, 0.15) is 11.5 Å². The third-order valence-corrected chi connectivity index (χ3v) is 2.65. The smallest absolute Gasteiger partial charge is 0.239 e. The number of halogens is 1. The van der Waals surface area contributed by atoms with Crippen molar-refractivity contribution in [3.63, 3.8) is 0 Å². The van der Waals surface area contributed by atoms with Gasteiger partial charge >= 0.3 is 0 Å². The molecule has 19 heavy (non-hydrogen) atoms. The number of amides is 1. The molecule has 0 atom stereocenters. The van der Waals surface area contributed by atoms with Gasteiger partial charge in [0.25, 0.3) is 0 Å². The second kappa shape index (κ2) is 7.53. The van der Waals surface area contributed by atoms with E-state index in [0.29, 0.717) is 28.8 Å². The van der Waals surface area contributed by atoms with Gasteiger partial charge in [-0.05, 0) is 0 Å². The van der Waals surface area contributed by atoms with Crippen molar-refractivity contribution in [2.75, 3.05) is 32.6 Å². The van der Waals surface area contributed by atoms with Crippen molar-refractivity contribution < 1.29 is 14.3 Å². The summed E-state index contributed by atoms with van der Waals surface area (Å²) in [5.41, 5.74) is 0.637. The van der Waals surface area contributed by atoms with Gasteiger partial charge in [-0.25, -0.2) is 0 Å². The molecule has 0 saturated carbocycles. The first-order valence-electron chi connectivity index (χ1n) is 5.65. The summed E-state index contributed by atoms with van der Waals surface area (Å²) in [5.74, 6) is 0.912. The van der Waals surface area contributed by atoms with Crippen LogP contribution in [-0.4, -0.2) is 33.2 Å². The summed E-state index contributed by atoms with van der Waals surface area (Å²) in [6.45, 7) is 4.08. The highest BCUT2D eigenvalue weighted by Gasteiger charge is 2.10. The van der Waals surface area contributed by atoms with E-state index in [9.17, 15) is 4.79 Å². The normalized spacial score (nSPS) is 9.63. The molecule has 0 spiro atoms. The van der Waals surface area contributed by atoms with Crippen molar-refractivity contribution in [1.82, 2.24) is 5.32 Å². The van der Waals surface area contributed by atoms with Crippen LogP contribution < -0.4 is 20.1 Å². The minimum atomic E-state index is -0.143. The average Bonchev–Trinajstić information content (AvgIpc) is 2.43. The van der Waals surface area contributed by atoms with E-state index in [0.717, 1.165) is 0 Å². The van der Waals surface area contributed by atoms with E-state index in [1.165, 1.54) is 14.2 Å². The highest BCUT2D eigenvalue weighted by Crippen LogP contribution is 2.35. The predicted octanol–water partition coefficient (Wildman–Crippen LogP) is 2.07. The Kier molecular flexibility index (Phi) is 6.02. The molecule has 0 aliphatic rings. The van der Waals surface area contributed by atoms with E-state index in [1.807, 2.05) is 0 Å². The molecule has 0 aliphatic heterocycles. The zero-order chi connectivity index (χ0) is 14.3. The first-order valence-corrected chi connectivity index (χ1v) is 6.03. The lowest BCUT2D eigenvalue weighted by molar-refractivity contribution is -0.119. The molecule has 0 saturated heterocycles. The van der Waals surface area contributed by atoms with Crippen molar-refractivity contribution in [2.24, 2.45) is 0 Å². The molecule has 0 bridgehead atoms. The number of anilines is 1. The van der Waals surface area contributed by atoms with Crippen LogP contribution in [0.4, 0.5) is 5.69 Å². The number of hydrogen-bond donors (Lipinski definition) is 2. The van der Waals surface area contributed by atoms with Gasteiger partial charge in [-0.1, -0.05) is 17.7 Å². The first kappa shape index (κ1) is 15.2. The predicted molar refractivity (Wildman–Crippen MR) is 76.3 cm³/mol. The molecule has 0 heterocycles. The molecule has 0 fully saturated rings. The standard InChI is InChI=1S/C13H17ClN2O3/c1-4-5-15-13(17)8-16-10-7-11(18-2)9(14)6-12(10)19-3/h4,6-7,16H,1,5,8H2,2-3H3,(H,15,17). The van der Waals surface area contributed by atoms with Crippen LogP contribution in [0.3, 0.4) is 0 Å². The minimum absolute atomic E-state index is 0.120. The number of rotatable bonds is 7. The average molecular weight is 285 g/mol. The number of benzene rings is 1. The Bertz CT molecular complexity index is 463. The Morgan fingerprint density at radius 3 is 2.63 bits per heavy atom. The van der Waals surface area contributed by atoms with E-state index < -0.39 is 0 Å². The fraction of sp³-hybridized carbons (Fsp3) is 0.308. The van der Waals surface area contributed by atoms with Crippen LogP contribution in [0.5, 0.6) is 11.5 Å². The number of carbonyl (C=O) groups is 1. The molecule has 2 N–H and O–H groups in total. The van der Waals surface area contributed by atoms with Crippen LogP contribution in [0.25, 0.3) is 0 Å². The molecule has 1 aromatic rings. The van der Waals surface area contributed by atoms with Gasteiger partial charge in [0.2, 0.25) is 5.91 Å². The molecule has 1 rings (SSSR count). The SMILES string of the molecule is C=CCNC(=O)CNc1cc(OC)c(Cl)cc1OC. The van der Waals surface area contributed by atoms with Crippen molar-refractivity contribution in [3.05, 3.63) is 29.8 Å². The maximum Gasteiger partial charge on any atom is 0.239 e. The molecule has 0 unspecified atom stereocenters. The minimum Gasteiger partial charge on any atom is -0.495 e. The molecular formula is C13H17ClN2O3. The molecule has 0 aliphatic carbocycles. The number of nitrogens with one attached hydrogen (secondary N) is 2. The molecule has 5 nitrogen and oxygen atoms in total. The van der Waals surface area contributed by atoms with Crippen LogP contribution in [0.15, 0.2) is 24.8 Å². The Hall–Kier alpha value is -1.88. The number of methoxy groups -OCH3 is 2. The van der Waals surface area contributed by atoms with Gasteiger partial charge in [0, 0.05) is 18.7 Å². The summed E-state index contributed by atoms with van der Waals surface area (Å²) in [7, 11) is 3.05.